The van der Waals surface area contributed by atoms with E-state index >= 15 is 0 Å². The van der Waals surface area contributed by atoms with E-state index in [1.54, 1.807) is 0 Å². The van der Waals surface area contributed by atoms with E-state index < -0.39 is 0 Å². The molecule has 0 spiro atoms. The summed E-state index contributed by atoms with van der Waals surface area (Å²) >= 11 is 0. The van der Waals surface area contributed by atoms with Gasteiger partial charge in [0.15, 0.2) is 0 Å². The Balaban J connectivity index is 1.72. The first-order valence-electron chi connectivity index (χ1n) is 8.72. The van der Waals surface area contributed by atoms with Crippen LogP contribution < -0.4 is 4.74 Å². The van der Waals surface area contributed by atoms with Gasteiger partial charge in [0.05, 0.1) is 6.61 Å². The zero-order valence-corrected chi connectivity index (χ0v) is 13.9. The molecule has 0 radical (unpaired) electrons. The lowest BCUT2D eigenvalue weighted by Gasteiger charge is -2.36. The molecule has 0 saturated carbocycles. The first-order valence-corrected chi connectivity index (χ1v) is 8.72. The molecule has 1 aromatic carbocycles. The molecule has 2 heterocycles. The fourth-order valence-corrected chi connectivity index (χ4v) is 3.32. The third-order valence-corrected chi connectivity index (χ3v) is 4.44. The smallest absolute Gasteiger partial charge is 0.119 e. The fraction of sp³-hybridized carbons (Fsp3) is 0.450. The Bertz CT molecular complexity index is 600. The van der Waals surface area contributed by atoms with Crippen LogP contribution in [0.5, 0.6) is 5.75 Å². The quantitative estimate of drug-likeness (QED) is 0.780. The van der Waals surface area contributed by atoms with Crippen LogP contribution in [0.2, 0.25) is 0 Å². The van der Waals surface area contributed by atoms with Crippen molar-refractivity contribution in [1.82, 2.24) is 9.88 Å². The van der Waals surface area contributed by atoms with Gasteiger partial charge in [-0.25, -0.2) is 0 Å². The topological polar surface area (TPSA) is 25.4 Å². The van der Waals surface area contributed by atoms with Gasteiger partial charge in [0.1, 0.15) is 5.75 Å². The summed E-state index contributed by atoms with van der Waals surface area (Å²) in [7, 11) is 0. The van der Waals surface area contributed by atoms with Crippen LogP contribution in [0.4, 0.5) is 0 Å². The van der Waals surface area contributed by atoms with Crippen LogP contribution in [-0.4, -0.2) is 23.0 Å². The number of likely N-dealkylation sites (tertiary alicyclic amines) is 1. The molecule has 0 bridgehead atoms. The van der Waals surface area contributed by atoms with Gasteiger partial charge >= 0.3 is 0 Å². The lowest BCUT2D eigenvalue weighted by Crippen LogP contribution is -2.32. The van der Waals surface area contributed by atoms with E-state index in [0.717, 1.165) is 31.9 Å². The number of piperidine rings is 1. The zero-order valence-electron chi connectivity index (χ0n) is 13.9. The zero-order chi connectivity index (χ0) is 15.9. The molecule has 2 aromatic rings. The molecule has 0 unspecified atom stereocenters. The van der Waals surface area contributed by atoms with E-state index in [1.807, 2.05) is 24.5 Å². The number of rotatable bonds is 6. The predicted molar refractivity (Wildman–Crippen MR) is 93.5 cm³/mol. The summed E-state index contributed by atoms with van der Waals surface area (Å²) in [6.45, 7) is 5.05. The third kappa shape index (κ3) is 4.32. The van der Waals surface area contributed by atoms with Crippen LogP contribution in [0.3, 0.4) is 0 Å². The van der Waals surface area contributed by atoms with Crippen molar-refractivity contribution in [2.24, 2.45) is 0 Å². The van der Waals surface area contributed by atoms with E-state index in [2.05, 4.69) is 41.1 Å². The van der Waals surface area contributed by atoms with E-state index in [9.17, 15) is 0 Å². The third-order valence-electron chi connectivity index (χ3n) is 4.44. The summed E-state index contributed by atoms with van der Waals surface area (Å²) in [6, 6.07) is 13.3. The Morgan fingerprint density at radius 3 is 3.00 bits per heavy atom. The summed E-state index contributed by atoms with van der Waals surface area (Å²) in [5, 5.41) is 0. The minimum absolute atomic E-state index is 0.484. The molecule has 1 aromatic heterocycles. The highest BCUT2D eigenvalue weighted by atomic mass is 16.5. The van der Waals surface area contributed by atoms with Crippen LogP contribution in [0.25, 0.3) is 0 Å². The predicted octanol–water partition coefficient (Wildman–Crippen LogP) is 4.60. The van der Waals surface area contributed by atoms with Crippen LogP contribution in [0.1, 0.15) is 49.8 Å². The van der Waals surface area contributed by atoms with Crippen LogP contribution in [-0.2, 0) is 6.54 Å². The van der Waals surface area contributed by atoms with Gasteiger partial charge in [-0.05, 0) is 55.1 Å². The van der Waals surface area contributed by atoms with E-state index in [4.69, 9.17) is 4.74 Å². The van der Waals surface area contributed by atoms with Gasteiger partial charge in [-0.1, -0.05) is 31.5 Å². The van der Waals surface area contributed by atoms with Crippen LogP contribution >= 0.6 is 0 Å². The molecule has 23 heavy (non-hydrogen) atoms. The molecule has 1 saturated heterocycles. The van der Waals surface area contributed by atoms with Crippen molar-refractivity contribution in [2.45, 2.75) is 45.2 Å². The van der Waals surface area contributed by atoms with Gasteiger partial charge in [0.2, 0.25) is 0 Å². The molecule has 0 aliphatic carbocycles. The van der Waals surface area contributed by atoms with Gasteiger partial charge in [-0.2, -0.15) is 0 Å². The summed E-state index contributed by atoms with van der Waals surface area (Å²) in [5.41, 5.74) is 2.67. The maximum absolute atomic E-state index is 5.77. The molecule has 1 atom stereocenters. The maximum Gasteiger partial charge on any atom is 0.119 e. The van der Waals surface area contributed by atoms with E-state index in [1.165, 1.54) is 30.4 Å². The monoisotopic (exact) mass is 310 g/mol. The Kier molecular flexibility index (Phi) is 5.65. The van der Waals surface area contributed by atoms with Crippen molar-refractivity contribution < 1.29 is 4.74 Å². The number of aromatic nitrogens is 1. The highest BCUT2D eigenvalue weighted by Crippen LogP contribution is 2.32. The minimum atomic E-state index is 0.484. The Morgan fingerprint density at radius 1 is 1.22 bits per heavy atom. The van der Waals surface area contributed by atoms with Crippen molar-refractivity contribution in [1.29, 1.82) is 0 Å². The Hall–Kier alpha value is -1.87. The lowest BCUT2D eigenvalue weighted by atomic mass is 9.96. The number of ether oxygens (including phenoxy) is 1. The molecule has 0 N–H and O–H groups in total. The highest BCUT2D eigenvalue weighted by molar-refractivity contribution is 5.29. The van der Waals surface area contributed by atoms with Crippen molar-refractivity contribution in [3.05, 3.63) is 59.9 Å². The fourth-order valence-electron chi connectivity index (χ4n) is 3.32. The summed E-state index contributed by atoms with van der Waals surface area (Å²) < 4.78 is 5.77. The van der Waals surface area contributed by atoms with Crippen molar-refractivity contribution >= 4 is 0 Å². The standard InChI is InChI=1S/C20H26N2O/c1-2-13-23-19-9-5-7-17(14-19)16-22-12-4-3-10-20(22)18-8-6-11-21-15-18/h5-9,11,14-15,20H,2-4,10,12-13,16H2,1H3/t20-/m1/s1. The molecular weight excluding hydrogens is 284 g/mol. The van der Waals surface area contributed by atoms with Gasteiger partial charge in [0.25, 0.3) is 0 Å². The molecule has 3 rings (SSSR count). The Labute approximate surface area is 139 Å². The van der Waals surface area contributed by atoms with Gasteiger partial charge in [-0.3, -0.25) is 9.88 Å². The average Bonchev–Trinajstić information content (AvgIpc) is 2.61. The summed E-state index contributed by atoms with van der Waals surface area (Å²) in [4.78, 5) is 6.89. The number of pyridine rings is 1. The molecule has 0 amide bonds. The van der Waals surface area contributed by atoms with E-state index in [-0.39, 0.29) is 0 Å². The maximum atomic E-state index is 5.77. The number of hydrogen-bond donors (Lipinski definition) is 0. The molecule has 1 aliphatic heterocycles. The molecular formula is C20H26N2O. The molecule has 3 nitrogen and oxygen atoms in total. The highest BCUT2D eigenvalue weighted by Gasteiger charge is 2.24. The van der Waals surface area contributed by atoms with Crippen molar-refractivity contribution in [3.63, 3.8) is 0 Å². The van der Waals surface area contributed by atoms with Gasteiger partial charge < -0.3 is 4.74 Å². The summed E-state index contributed by atoms with van der Waals surface area (Å²) in [6.07, 6.45) is 8.71. The second kappa shape index (κ2) is 8.11. The SMILES string of the molecule is CCCOc1cccc(CN2CCCC[C@@H]2c2cccnc2)c1. The van der Waals surface area contributed by atoms with Crippen LogP contribution in [0.15, 0.2) is 48.8 Å². The van der Waals surface area contributed by atoms with Gasteiger partial charge in [-0.15, -0.1) is 0 Å². The second-order valence-electron chi connectivity index (χ2n) is 6.26. The molecule has 122 valence electrons. The number of nitrogens with zero attached hydrogens (tertiary/aromatic N) is 2. The second-order valence-corrected chi connectivity index (χ2v) is 6.26. The normalized spacial score (nSPS) is 18.7. The van der Waals surface area contributed by atoms with Crippen molar-refractivity contribution in [2.75, 3.05) is 13.2 Å². The number of benzene rings is 1. The first-order chi connectivity index (χ1) is 11.4. The largest absolute Gasteiger partial charge is 0.494 e. The van der Waals surface area contributed by atoms with Crippen molar-refractivity contribution in [3.8, 4) is 5.75 Å². The molecule has 1 fully saturated rings. The minimum Gasteiger partial charge on any atom is -0.494 e. The summed E-state index contributed by atoms with van der Waals surface area (Å²) in [5.74, 6) is 0.985. The molecule has 1 aliphatic rings. The first kappa shape index (κ1) is 16.0. The van der Waals surface area contributed by atoms with Gasteiger partial charge in [0, 0.05) is 25.0 Å². The average molecular weight is 310 g/mol. The van der Waals surface area contributed by atoms with E-state index in [0.29, 0.717) is 6.04 Å². The van der Waals surface area contributed by atoms with Crippen LogP contribution in [0, 0.1) is 0 Å². The Morgan fingerprint density at radius 2 is 2.17 bits per heavy atom. The number of hydrogen-bond acceptors (Lipinski definition) is 3. The lowest BCUT2D eigenvalue weighted by molar-refractivity contribution is 0.140. The molecule has 3 heteroatoms.